The second-order valence-electron chi connectivity index (χ2n) is 5.24. The van der Waals surface area contributed by atoms with Crippen LogP contribution in [0.4, 0.5) is 5.69 Å². The first-order valence-corrected chi connectivity index (χ1v) is 7.55. The number of carbonyl (C=O) groups excluding carboxylic acids is 2. The normalized spacial score (nSPS) is 10.3. The number of aromatic nitrogens is 1. The first-order valence-electron chi connectivity index (χ1n) is 7.55. The van der Waals surface area contributed by atoms with Crippen LogP contribution >= 0.6 is 0 Å². The number of benzene rings is 2. The van der Waals surface area contributed by atoms with E-state index in [0.29, 0.717) is 28.1 Å². The molecule has 2 aromatic carbocycles. The Morgan fingerprint density at radius 3 is 2.36 bits per heavy atom. The van der Waals surface area contributed by atoms with Crippen molar-refractivity contribution in [3.05, 3.63) is 65.9 Å². The Morgan fingerprint density at radius 2 is 1.68 bits per heavy atom. The fourth-order valence-electron chi connectivity index (χ4n) is 2.49. The second-order valence-corrected chi connectivity index (χ2v) is 5.24. The number of carbonyl (C=O) groups is 2. The Bertz CT molecular complexity index is 936. The van der Waals surface area contributed by atoms with Crippen LogP contribution in [0.15, 0.2) is 54.7 Å². The van der Waals surface area contributed by atoms with Gasteiger partial charge >= 0.3 is 5.97 Å². The third-order valence-electron chi connectivity index (χ3n) is 3.77. The summed E-state index contributed by atoms with van der Waals surface area (Å²) in [5.41, 5.74) is 2.12. The average molecular weight is 336 g/mol. The number of rotatable bonds is 4. The summed E-state index contributed by atoms with van der Waals surface area (Å²) in [4.78, 5) is 28.2. The summed E-state index contributed by atoms with van der Waals surface area (Å²) in [5, 5.41) is 3.64. The predicted molar refractivity (Wildman–Crippen MR) is 94.0 cm³/mol. The van der Waals surface area contributed by atoms with Crippen molar-refractivity contribution in [2.24, 2.45) is 0 Å². The van der Waals surface area contributed by atoms with E-state index in [2.05, 4.69) is 15.0 Å². The molecule has 1 heterocycles. The fourth-order valence-corrected chi connectivity index (χ4v) is 2.49. The van der Waals surface area contributed by atoms with Gasteiger partial charge < -0.3 is 14.8 Å². The highest BCUT2D eigenvalue weighted by Gasteiger charge is 2.12. The number of methoxy groups -OCH3 is 2. The molecule has 0 saturated carbocycles. The van der Waals surface area contributed by atoms with Gasteiger partial charge in [0.05, 0.1) is 25.5 Å². The van der Waals surface area contributed by atoms with E-state index in [9.17, 15) is 9.59 Å². The molecule has 1 amide bonds. The standard InChI is InChI=1S/C19H16N2O4/c1-24-16-10-9-15(14-4-3-11-20-17(14)16)21-18(22)12-5-7-13(8-6-12)19(23)25-2/h3-11H,1-2H3,(H,21,22). The third kappa shape index (κ3) is 3.28. The van der Waals surface area contributed by atoms with Gasteiger partial charge in [-0.05, 0) is 48.5 Å². The largest absolute Gasteiger partial charge is 0.494 e. The van der Waals surface area contributed by atoms with Gasteiger partial charge in [-0.3, -0.25) is 9.78 Å². The number of amides is 1. The second kappa shape index (κ2) is 7.00. The van der Waals surface area contributed by atoms with Crippen LogP contribution < -0.4 is 10.1 Å². The van der Waals surface area contributed by atoms with Crippen molar-refractivity contribution < 1.29 is 19.1 Å². The van der Waals surface area contributed by atoms with Gasteiger partial charge in [0.15, 0.2) is 0 Å². The van der Waals surface area contributed by atoms with Crippen molar-refractivity contribution in [1.29, 1.82) is 0 Å². The Balaban J connectivity index is 1.88. The molecule has 0 radical (unpaired) electrons. The molecule has 1 N–H and O–H groups in total. The van der Waals surface area contributed by atoms with Gasteiger partial charge in [0.2, 0.25) is 0 Å². The Hall–Kier alpha value is -3.41. The van der Waals surface area contributed by atoms with Crippen molar-refractivity contribution in [2.45, 2.75) is 0 Å². The predicted octanol–water partition coefficient (Wildman–Crippen LogP) is 3.28. The summed E-state index contributed by atoms with van der Waals surface area (Å²) in [7, 11) is 2.89. The van der Waals surface area contributed by atoms with E-state index in [-0.39, 0.29) is 5.91 Å². The van der Waals surface area contributed by atoms with Crippen molar-refractivity contribution in [3.63, 3.8) is 0 Å². The van der Waals surface area contributed by atoms with E-state index in [4.69, 9.17) is 4.74 Å². The Labute approximate surface area is 144 Å². The van der Waals surface area contributed by atoms with E-state index in [1.807, 2.05) is 6.07 Å². The molecule has 0 atom stereocenters. The molecule has 25 heavy (non-hydrogen) atoms. The number of hydrogen-bond acceptors (Lipinski definition) is 5. The summed E-state index contributed by atoms with van der Waals surface area (Å²) in [6.07, 6.45) is 1.67. The van der Waals surface area contributed by atoms with Crippen molar-refractivity contribution in [2.75, 3.05) is 19.5 Å². The molecule has 0 fully saturated rings. The zero-order valence-corrected chi connectivity index (χ0v) is 13.8. The highest BCUT2D eigenvalue weighted by molar-refractivity contribution is 6.09. The molecule has 6 heteroatoms. The van der Waals surface area contributed by atoms with Gasteiger partial charge in [0, 0.05) is 17.1 Å². The molecule has 0 spiro atoms. The molecule has 0 aliphatic rings. The van der Waals surface area contributed by atoms with E-state index in [1.54, 1.807) is 55.8 Å². The van der Waals surface area contributed by atoms with Crippen LogP contribution in [-0.4, -0.2) is 31.1 Å². The minimum Gasteiger partial charge on any atom is -0.494 e. The first kappa shape index (κ1) is 16.4. The number of anilines is 1. The summed E-state index contributed by atoms with van der Waals surface area (Å²) >= 11 is 0. The lowest BCUT2D eigenvalue weighted by Gasteiger charge is -2.11. The number of esters is 1. The third-order valence-corrected chi connectivity index (χ3v) is 3.77. The molecular weight excluding hydrogens is 320 g/mol. The number of fused-ring (bicyclic) bond motifs is 1. The quantitative estimate of drug-likeness (QED) is 0.740. The minimum atomic E-state index is -0.445. The molecule has 3 aromatic rings. The number of hydrogen-bond donors (Lipinski definition) is 1. The van der Waals surface area contributed by atoms with E-state index < -0.39 is 5.97 Å². The molecule has 0 aliphatic heterocycles. The van der Waals surface area contributed by atoms with Gasteiger partial charge in [-0.25, -0.2) is 4.79 Å². The Kier molecular flexibility index (Phi) is 4.61. The van der Waals surface area contributed by atoms with Crippen LogP contribution in [0.3, 0.4) is 0 Å². The van der Waals surface area contributed by atoms with Crippen LogP contribution in [0.2, 0.25) is 0 Å². The maximum atomic E-state index is 12.5. The van der Waals surface area contributed by atoms with Crippen LogP contribution in [0.25, 0.3) is 10.9 Å². The molecule has 6 nitrogen and oxygen atoms in total. The van der Waals surface area contributed by atoms with Gasteiger partial charge in [0.1, 0.15) is 11.3 Å². The van der Waals surface area contributed by atoms with E-state index >= 15 is 0 Å². The van der Waals surface area contributed by atoms with Crippen LogP contribution in [0.5, 0.6) is 5.75 Å². The van der Waals surface area contributed by atoms with E-state index in [1.165, 1.54) is 7.11 Å². The average Bonchev–Trinajstić information content (AvgIpc) is 2.67. The highest BCUT2D eigenvalue weighted by Crippen LogP contribution is 2.29. The Morgan fingerprint density at radius 1 is 0.960 bits per heavy atom. The summed E-state index contributed by atoms with van der Waals surface area (Å²) in [6.45, 7) is 0. The summed E-state index contributed by atoms with van der Waals surface area (Å²) < 4.78 is 9.94. The van der Waals surface area contributed by atoms with Crippen molar-refractivity contribution in [1.82, 2.24) is 4.98 Å². The number of nitrogens with zero attached hydrogens (tertiary/aromatic N) is 1. The zero-order valence-electron chi connectivity index (χ0n) is 13.8. The smallest absolute Gasteiger partial charge is 0.337 e. The molecular formula is C19H16N2O4. The maximum absolute atomic E-state index is 12.5. The zero-order chi connectivity index (χ0) is 17.8. The number of ether oxygens (including phenoxy) is 2. The van der Waals surface area contributed by atoms with Crippen LogP contribution in [0, 0.1) is 0 Å². The highest BCUT2D eigenvalue weighted by atomic mass is 16.5. The van der Waals surface area contributed by atoms with Crippen LogP contribution in [0.1, 0.15) is 20.7 Å². The van der Waals surface area contributed by atoms with Gasteiger partial charge in [-0.2, -0.15) is 0 Å². The molecule has 1 aromatic heterocycles. The fraction of sp³-hybridized carbons (Fsp3) is 0.105. The van der Waals surface area contributed by atoms with Crippen molar-refractivity contribution >= 4 is 28.5 Å². The minimum absolute atomic E-state index is 0.285. The number of pyridine rings is 1. The van der Waals surface area contributed by atoms with Gasteiger partial charge in [-0.15, -0.1) is 0 Å². The topological polar surface area (TPSA) is 77.5 Å². The number of nitrogens with one attached hydrogen (secondary N) is 1. The van der Waals surface area contributed by atoms with Gasteiger partial charge in [0.25, 0.3) is 5.91 Å². The SMILES string of the molecule is COC(=O)c1ccc(C(=O)Nc2ccc(OC)c3ncccc23)cc1. The molecule has 3 rings (SSSR count). The monoisotopic (exact) mass is 336 g/mol. The molecule has 126 valence electrons. The summed E-state index contributed by atoms with van der Waals surface area (Å²) in [6, 6.07) is 13.4. The van der Waals surface area contributed by atoms with E-state index in [0.717, 1.165) is 5.39 Å². The van der Waals surface area contributed by atoms with Crippen molar-refractivity contribution in [3.8, 4) is 5.75 Å². The first-order chi connectivity index (χ1) is 12.1. The van der Waals surface area contributed by atoms with Crippen LogP contribution in [-0.2, 0) is 4.74 Å². The maximum Gasteiger partial charge on any atom is 0.337 e. The lowest BCUT2D eigenvalue weighted by atomic mass is 10.1. The molecule has 0 bridgehead atoms. The molecule has 0 aliphatic carbocycles. The molecule has 0 saturated heterocycles. The van der Waals surface area contributed by atoms with Gasteiger partial charge in [-0.1, -0.05) is 0 Å². The lowest BCUT2D eigenvalue weighted by Crippen LogP contribution is -2.12. The summed E-state index contributed by atoms with van der Waals surface area (Å²) in [5.74, 6) is -0.0954. The molecule has 0 unspecified atom stereocenters. The lowest BCUT2D eigenvalue weighted by molar-refractivity contribution is 0.0600.